The van der Waals surface area contributed by atoms with Crippen molar-refractivity contribution in [3.05, 3.63) is 40.3 Å². The molecule has 0 spiro atoms. The Morgan fingerprint density at radius 3 is 2.64 bits per heavy atom. The summed E-state index contributed by atoms with van der Waals surface area (Å²) in [4.78, 5) is 18.9. The first-order valence-corrected chi connectivity index (χ1v) is 8.84. The smallest absolute Gasteiger partial charge is 0.275 e. The van der Waals surface area contributed by atoms with Crippen molar-refractivity contribution in [3.8, 4) is 0 Å². The molecule has 1 fully saturated rings. The number of thiazole rings is 1. The van der Waals surface area contributed by atoms with Crippen molar-refractivity contribution in [3.63, 3.8) is 0 Å². The zero-order valence-corrected chi connectivity index (χ0v) is 16.6. The third-order valence-electron chi connectivity index (χ3n) is 4.36. The molecule has 2 aromatic rings. The molecule has 0 saturated heterocycles. The topological polar surface area (TPSA) is 71.2 Å². The molecule has 1 aliphatic rings. The van der Waals surface area contributed by atoms with Crippen molar-refractivity contribution >= 4 is 53.4 Å². The first-order chi connectivity index (χ1) is 11.2. The maximum atomic E-state index is 12.4. The maximum Gasteiger partial charge on any atom is 0.275 e. The highest BCUT2D eigenvalue weighted by molar-refractivity contribution is 7.09. The Bertz CT molecular complexity index is 689. The number of hydrogen-bond donors (Lipinski definition) is 2. The lowest BCUT2D eigenvalue weighted by molar-refractivity contribution is 0.102. The molecule has 1 heterocycles. The molecule has 0 aliphatic heterocycles. The van der Waals surface area contributed by atoms with Crippen LogP contribution in [-0.4, -0.2) is 24.0 Å². The van der Waals surface area contributed by atoms with E-state index in [-0.39, 0.29) is 30.7 Å². The van der Waals surface area contributed by atoms with Crippen LogP contribution in [0.25, 0.3) is 0 Å². The van der Waals surface area contributed by atoms with Crippen LogP contribution in [0.5, 0.6) is 0 Å². The fourth-order valence-corrected chi connectivity index (χ4v) is 3.73. The van der Waals surface area contributed by atoms with Crippen molar-refractivity contribution in [1.82, 2.24) is 4.98 Å². The SMILES string of the molecule is CN(c1ccccc1NC(=O)c1csc(CN)n1)C1CCCC1.Cl.Cl. The minimum Gasteiger partial charge on any atom is -0.370 e. The van der Waals surface area contributed by atoms with Crippen LogP contribution in [0, 0.1) is 0 Å². The molecular formula is C17H24Cl2N4OS. The van der Waals surface area contributed by atoms with Gasteiger partial charge in [-0.1, -0.05) is 25.0 Å². The number of rotatable bonds is 5. The number of hydrogen-bond acceptors (Lipinski definition) is 5. The summed E-state index contributed by atoms with van der Waals surface area (Å²) in [7, 11) is 2.11. The van der Waals surface area contributed by atoms with E-state index < -0.39 is 0 Å². The minimum absolute atomic E-state index is 0. The number of carbonyl (C=O) groups excluding carboxylic acids is 1. The lowest BCUT2D eigenvalue weighted by atomic mass is 10.1. The van der Waals surface area contributed by atoms with E-state index >= 15 is 0 Å². The van der Waals surface area contributed by atoms with Gasteiger partial charge in [-0.25, -0.2) is 4.98 Å². The molecule has 3 N–H and O–H groups in total. The molecule has 0 unspecified atom stereocenters. The molecule has 0 atom stereocenters. The Labute approximate surface area is 164 Å². The van der Waals surface area contributed by atoms with E-state index in [1.54, 1.807) is 5.38 Å². The number of nitrogens with one attached hydrogen (secondary N) is 1. The summed E-state index contributed by atoms with van der Waals surface area (Å²) < 4.78 is 0. The van der Waals surface area contributed by atoms with Gasteiger partial charge < -0.3 is 16.0 Å². The van der Waals surface area contributed by atoms with Crippen LogP contribution in [0.15, 0.2) is 29.6 Å². The lowest BCUT2D eigenvalue weighted by Crippen LogP contribution is -2.29. The molecule has 0 radical (unpaired) electrons. The van der Waals surface area contributed by atoms with Gasteiger partial charge in [0.2, 0.25) is 0 Å². The lowest BCUT2D eigenvalue weighted by Gasteiger charge is -2.28. The number of para-hydroxylation sites is 2. The number of carbonyl (C=O) groups is 1. The minimum atomic E-state index is -0.187. The van der Waals surface area contributed by atoms with Crippen LogP contribution < -0.4 is 16.0 Å². The van der Waals surface area contributed by atoms with Gasteiger partial charge in [0.25, 0.3) is 5.91 Å². The van der Waals surface area contributed by atoms with E-state index in [0.717, 1.165) is 16.4 Å². The average Bonchev–Trinajstić information content (AvgIpc) is 3.26. The number of amides is 1. The van der Waals surface area contributed by atoms with E-state index in [2.05, 4.69) is 28.3 Å². The first-order valence-electron chi connectivity index (χ1n) is 7.96. The molecule has 1 saturated carbocycles. The molecule has 1 aromatic carbocycles. The van der Waals surface area contributed by atoms with Crippen LogP contribution in [0.4, 0.5) is 11.4 Å². The van der Waals surface area contributed by atoms with Gasteiger partial charge in [-0.2, -0.15) is 0 Å². The Morgan fingerprint density at radius 2 is 2.00 bits per heavy atom. The summed E-state index contributed by atoms with van der Waals surface area (Å²) in [6, 6.07) is 8.49. The van der Waals surface area contributed by atoms with Crippen molar-refractivity contribution in [1.29, 1.82) is 0 Å². The second kappa shape index (κ2) is 9.97. The molecule has 1 aliphatic carbocycles. The monoisotopic (exact) mass is 402 g/mol. The number of nitrogens with two attached hydrogens (primary N) is 1. The highest BCUT2D eigenvalue weighted by Crippen LogP contribution is 2.32. The molecular weight excluding hydrogens is 379 g/mol. The zero-order valence-electron chi connectivity index (χ0n) is 14.1. The molecule has 25 heavy (non-hydrogen) atoms. The van der Waals surface area contributed by atoms with Gasteiger partial charge in [-0.3, -0.25) is 4.79 Å². The zero-order chi connectivity index (χ0) is 16.2. The molecule has 5 nitrogen and oxygen atoms in total. The molecule has 138 valence electrons. The van der Waals surface area contributed by atoms with Crippen molar-refractivity contribution < 1.29 is 4.79 Å². The second-order valence-corrected chi connectivity index (χ2v) is 6.79. The predicted octanol–water partition coefficient (Wildman–Crippen LogP) is 4.08. The normalized spacial score (nSPS) is 13.7. The van der Waals surface area contributed by atoms with Gasteiger partial charge in [-0.05, 0) is 25.0 Å². The van der Waals surface area contributed by atoms with Crippen LogP contribution >= 0.6 is 36.2 Å². The van der Waals surface area contributed by atoms with Gasteiger partial charge in [0.05, 0.1) is 11.4 Å². The Morgan fingerprint density at radius 1 is 1.32 bits per heavy atom. The van der Waals surface area contributed by atoms with Gasteiger partial charge in [0.15, 0.2) is 0 Å². The number of nitrogens with zero attached hydrogens (tertiary/aromatic N) is 2. The third-order valence-corrected chi connectivity index (χ3v) is 5.23. The van der Waals surface area contributed by atoms with Gasteiger partial charge in [0.1, 0.15) is 10.7 Å². The Balaban J connectivity index is 0.00000156. The van der Waals surface area contributed by atoms with Crippen LogP contribution in [-0.2, 0) is 6.54 Å². The number of halogens is 2. The van der Waals surface area contributed by atoms with E-state index in [0.29, 0.717) is 18.3 Å². The van der Waals surface area contributed by atoms with Gasteiger partial charge in [0, 0.05) is 25.0 Å². The summed E-state index contributed by atoms with van der Waals surface area (Å²) in [5.74, 6) is -0.187. The van der Waals surface area contributed by atoms with Crippen molar-refractivity contribution in [2.75, 3.05) is 17.3 Å². The van der Waals surface area contributed by atoms with Crippen LogP contribution in [0.3, 0.4) is 0 Å². The highest BCUT2D eigenvalue weighted by atomic mass is 35.5. The van der Waals surface area contributed by atoms with E-state index in [9.17, 15) is 4.79 Å². The summed E-state index contributed by atoms with van der Waals surface area (Å²) in [6.07, 6.45) is 4.99. The van der Waals surface area contributed by atoms with Gasteiger partial charge >= 0.3 is 0 Å². The van der Waals surface area contributed by atoms with Crippen LogP contribution in [0.1, 0.15) is 41.2 Å². The van der Waals surface area contributed by atoms with Crippen LogP contribution in [0.2, 0.25) is 0 Å². The Hall–Kier alpha value is -1.34. The Kier molecular flexibility index (Phi) is 8.65. The molecule has 1 aromatic heterocycles. The summed E-state index contributed by atoms with van der Waals surface area (Å²) in [5.41, 5.74) is 7.87. The summed E-state index contributed by atoms with van der Waals surface area (Å²) in [6.45, 7) is 0.360. The number of benzene rings is 1. The molecule has 1 amide bonds. The molecule has 3 rings (SSSR count). The third kappa shape index (κ3) is 5.07. The van der Waals surface area contributed by atoms with E-state index in [1.165, 1.54) is 37.0 Å². The first kappa shape index (κ1) is 21.7. The molecule has 8 heteroatoms. The summed E-state index contributed by atoms with van der Waals surface area (Å²) in [5, 5.41) is 5.51. The quantitative estimate of drug-likeness (QED) is 0.789. The second-order valence-electron chi connectivity index (χ2n) is 5.85. The molecule has 0 bridgehead atoms. The predicted molar refractivity (Wildman–Crippen MR) is 110 cm³/mol. The number of anilines is 2. The fourth-order valence-electron chi connectivity index (χ4n) is 3.07. The largest absolute Gasteiger partial charge is 0.370 e. The fraction of sp³-hybridized carbons (Fsp3) is 0.412. The summed E-state index contributed by atoms with van der Waals surface area (Å²) >= 11 is 1.41. The van der Waals surface area contributed by atoms with Gasteiger partial charge in [-0.15, -0.1) is 36.2 Å². The number of aromatic nitrogens is 1. The average molecular weight is 403 g/mol. The van der Waals surface area contributed by atoms with Crippen molar-refractivity contribution in [2.45, 2.75) is 38.3 Å². The maximum absolute atomic E-state index is 12.4. The highest BCUT2D eigenvalue weighted by Gasteiger charge is 2.22. The van der Waals surface area contributed by atoms with E-state index in [4.69, 9.17) is 5.73 Å². The standard InChI is InChI=1S/C17H22N4OS.2ClH/c1-21(12-6-2-3-7-12)15-9-5-4-8-13(15)20-17(22)14-11-23-16(10-18)19-14;;/h4-5,8-9,11-12H,2-3,6-7,10,18H2,1H3,(H,20,22);2*1H. The van der Waals surface area contributed by atoms with E-state index in [1.807, 2.05) is 18.2 Å². The van der Waals surface area contributed by atoms with Crippen molar-refractivity contribution in [2.24, 2.45) is 5.73 Å².